The van der Waals surface area contributed by atoms with Gasteiger partial charge in [0.15, 0.2) is 0 Å². The van der Waals surface area contributed by atoms with Gasteiger partial charge in [0.25, 0.3) is 0 Å². The van der Waals surface area contributed by atoms with E-state index in [2.05, 4.69) is 11.9 Å². The summed E-state index contributed by atoms with van der Waals surface area (Å²) in [5.41, 5.74) is 5.47. The first-order valence-electron chi connectivity index (χ1n) is 4.33. The number of nitrogens with one attached hydrogen (secondary N) is 1. The Balaban J connectivity index is 2.28. The van der Waals surface area contributed by atoms with Gasteiger partial charge < -0.3 is 16.2 Å². The zero-order valence-electron chi connectivity index (χ0n) is 7.80. The number of hydrogen-bond acceptors (Lipinski definition) is 3. The fourth-order valence-corrected chi connectivity index (χ4v) is 1.20. The fourth-order valence-electron chi connectivity index (χ4n) is 1.20. The second-order valence-electron chi connectivity index (χ2n) is 4.11. The van der Waals surface area contributed by atoms with Crippen LogP contribution in [0.5, 0.6) is 0 Å². The molecule has 0 amide bonds. The molecule has 0 aromatic heterocycles. The molecule has 3 heteroatoms. The zero-order chi connectivity index (χ0) is 9.35. The first-order valence-corrected chi connectivity index (χ1v) is 4.33. The molecule has 0 radical (unpaired) electrons. The molecule has 70 valence electrons. The molecule has 4 N–H and O–H groups in total. The molecule has 0 aromatic rings. The van der Waals surface area contributed by atoms with Crippen molar-refractivity contribution in [1.82, 2.24) is 5.32 Å². The van der Waals surface area contributed by atoms with E-state index in [1.807, 2.05) is 0 Å². The highest BCUT2D eigenvalue weighted by atomic mass is 16.3. The molecule has 12 heavy (non-hydrogen) atoms. The van der Waals surface area contributed by atoms with Gasteiger partial charge in [-0.25, -0.2) is 0 Å². The molecule has 0 unspecified atom stereocenters. The summed E-state index contributed by atoms with van der Waals surface area (Å²) in [6, 6.07) is 0.746. The molecule has 0 heterocycles. The molecule has 1 fully saturated rings. The molecule has 0 atom stereocenters. The summed E-state index contributed by atoms with van der Waals surface area (Å²) >= 11 is 0. The largest absolute Gasteiger partial charge is 0.384 e. The maximum Gasteiger partial charge on any atom is 0.0978 e. The van der Waals surface area contributed by atoms with Crippen LogP contribution in [0, 0.1) is 0 Å². The normalized spacial score (nSPS) is 29.3. The van der Waals surface area contributed by atoms with Crippen molar-refractivity contribution in [2.75, 3.05) is 0 Å². The van der Waals surface area contributed by atoms with Crippen molar-refractivity contribution >= 4 is 0 Å². The second kappa shape index (κ2) is 3.07. The minimum atomic E-state index is -0.834. The van der Waals surface area contributed by atoms with Crippen LogP contribution in [0.25, 0.3) is 0 Å². The van der Waals surface area contributed by atoms with Crippen LogP contribution in [0.3, 0.4) is 0 Å². The lowest BCUT2D eigenvalue weighted by atomic mass is 9.87. The van der Waals surface area contributed by atoms with E-state index < -0.39 is 5.60 Å². The molecular formula is C9H18N2O. The van der Waals surface area contributed by atoms with Crippen molar-refractivity contribution in [2.45, 2.75) is 44.4 Å². The molecule has 1 aliphatic rings. The Bertz CT molecular complexity index is 177. The molecule has 3 nitrogen and oxygen atoms in total. The molecule has 1 saturated carbocycles. The molecule has 1 aliphatic carbocycles. The third kappa shape index (κ3) is 2.22. The van der Waals surface area contributed by atoms with Crippen LogP contribution >= 0.6 is 0 Å². The van der Waals surface area contributed by atoms with Gasteiger partial charge in [0, 0.05) is 17.8 Å². The standard InChI is InChI=1S/C9H18N2O/c1-6(9(2,3)12)11-8-4-7(10)5-8/h7-8,11-12H,1,4-5,10H2,2-3H3. The van der Waals surface area contributed by atoms with Gasteiger partial charge in [-0.1, -0.05) is 6.58 Å². The van der Waals surface area contributed by atoms with Crippen molar-refractivity contribution in [2.24, 2.45) is 5.73 Å². The average Bonchev–Trinajstić information content (AvgIpc) is 1.82. The summed E-state index contributed by atoms with van der Waals surface area (Å²) < 4.78 is 0. The van der Waals surface area contributed by atoms with E-state index in [4.69, 9.17) is 5.73 Å². The van der Waals surface area contributed by atoms with Crippen molar-refractivity contribution < 1.29 is 5.11 Å². The maximum atomic E-state index is 9.53. The third-order valence-corrected chi connectivity index (χ3v) is 2.29. The van der Waals surface area contributed by atoms with E-state index in [9.17, 15) is 5.11 Å². The molecule has 0 spiro atoms. The average molecular weight is 170 g/mol. The van der Waals surface area contributed by atoms with Crippen LogP contribution in [0.2, 0.25) is 0 Å². The lowest BCUT2D eigenvalue weighted by Crippen LogP contribution is -2.50. The lowest BCUT2D eigenvalue weighted by Gasteiger charge is -2.36. The van der Waals surface area contributed by atoms with E-state index in [-0.39, 0.29) is 0 Å². The van der Waals surface area contributed by atoms with Crippen LogP contribution in [0.15, 0.2) is 12.3 Å². The van der Waals surface area contributed by atoms with Gasteiger partial charge >= 0.3 is 0 Å². The predicted octanol–water partition coefficient (Wildman–Crippen LogP) is 0.350. The Labute approximate surface area is 73.6 Å². The third-order valence-electron chi connectivity index (χ3n) is 2.29. The van der Waals surface area contributed by atoms with Gasteiger partial charge in [-0.15, -0.1) is 0 Å². The number of hydrogen-bond donors (Lipinski definition) is 3. The quantitative estimate of drug-likeness (QED) is 0.573. The molecule has 0 saturated heterocycles. The fraction of sp³-hybridized carbons (Fsp3) is 0.778. The highest BCUT2D eigenvalue weighted by Crippen LogP contribution is 2.21. The van der Waals surface area contributed by atoms with Gasteiger partial charge in [-0.3, -0.25) is 0 Å². The monoisotopic (exact) mass is 170 g/mol. The highest BCUT2D eigenvalue weighted by Gasteiger charge is 2.28. The lowest BCUT2D eigenvalue weighted by molar-refractivity contribution is 0.105. The van der Waals surface area contributed by atoms with E-state index in [0.29, 0.717) is 17.8 Å². The maximum absolute atomic E-state index is 9.53. The Hall–Kier alpha value is -0.540. The Morgan fingerprint density at radius 3 is 2.42 bits per heavy atom. The minimum absolute atomic E-state index is 0.331. The van der Waals surface area contributed by atoms with Crippen molar-refractivity contribution in [3.8, 4) is 0 Å². The number of aliphatic hydroxyl groups is 1. The van der Waals surface area contributed by atoms with E-state index in [1.165, 1.54) is 0 Å². The van der Waals surface area contributed by atoms with E-state index in [0.717, 1.165) is 12.8 Å². The van der Waals surface area contributed by atoms with E-state index in [1.54, 1.807) is 13.8 Å². The van der Waals surface area contributed by atoms with Crippen LogP contribution in [0.4, 0.5) is 0 Å². The van der Waals surface area contributed by atoms with Crippen LogP contribution in [0.1, 0.15) is 26.7 Å². The smallest absolute Gasteiger partial charge is 0.0978 e. The molecule has 0 bridgehead atoms. The Morgan fingerprint density at radius 2 is 2.08 bits per heavy atom. The van der Waals surface area contributed by atoms with Gasteiger partial charge in [-0.05, 0) is 26.7 Å². The van der Waals surface area contributed by atoms with Gasteiger partial charge in [0.2, 0.25) is 0 Å². The van der Waals surface area contributed by atoms with E-state index >= 15 is 0 Å². The second-order valence-corrected chi connectivity index (χ2v) is 4.11. The highest BCUT2D eigenvalue weighted by molar-refractivity contribution is 5.09. The number of nitrogens with two attached hydrogens (primary N) is 1. The van der Waals surface area contributed by atoms with Crippen LogP contribution in [-0.4, -0.2) is 22.8 Å². The molecule has 0 aromatic carbocycles. The summed E-state index contributed by atoms with van der Waals surface area (Å²) in [6.45, 7) is 7.22. The summed E-state index contributed by atoms with van der Waals surface area (Å²) in [5.74, 6) is 0. The summed E-state index contributed by atoms with van der Waals surface area (Å²) in [4.78, 5) is 0. The Morgan fingerprint density at radius 1 is 1.58 bits per heavy atom. The van der Waals surface area contributed by atoms with Gasteiger partial charge in [-0.2, -0.15) is 0 Å². The summed E-state index contributed by atoms with van der Waals surface area (Å²) in [6.07, 6.45) is 1.96. The van der Waals surface area contributed by atoms with Crippen LogP contribution in [-0.2, 0) is 0 Å². The Kier molecular flexibility index (Phi) is 2.44. The molecule has 0 aliphatic heterocycles. The first kappa shape index (κ1) is 9.55. The van der Waals surface area contributed by atoms with Crippen LogP contribution < -0.4 is 11.1 Å². The van der Waals surface area contributed by atoms with Gasteiger partial charge in [0.05, 0.1) is 5.60 Å². The topological polar surface area (TPSA) is 58.3 Å². The van der Waals surface area contributed by atoms with Crippen molar-refractivity contribution in [3.63, 3.8) is 0 Å². The molecule has 1 rings (SSSR count). The SMILES string of the molecule is C=C(NC1CC(N)C1)C(C)(C)O. The minimum Gasteiger partial charge on any atom is -0.384 e. The predicted molar refractivity (Wildman–Crippen MR) is 49.6 cm³/mol. The van der Waals surface area contributed by atoms with Crippen molar-refractivity contribution in [1.29, 1.82) is 0 Å². The number of rotatable bonds is 3. The van der Waals surface area contributed by atoms with Crippen molar-refractivity contribution in [3.05, 3.63) is 12.3 Å². The van der Waals surface area contributed by atoms with Gasteiger partial charge in [0.1, 0.15) is 0 Å². The summed E-state index contributed by atoms with van der Waals surface area (Å²) in [7, 11) is 0. The summed E-state index contributed by atoms with van der Waals surface area (Å²) in [5, 5.41) is 12.7. The molecular weight excluding hydrogens is 152 g/mol. The first-order chi connectivity index (χ1) is 5.39. The zero-order valence-corrected chi connectivity index (χ0v) is 7.80.